The van der Waals surface area contributed by atoms with Gasteiger partial charge in [0.05, 0.1) is 18.7 Å². The molecule has 0 bridgehead atoms. The van der Waals surface area contributed by atoms with Crippen molar-refractivity contribution in [1.29, 1.82) is 0 Å². The van der Waals surface area contributed by atoms with Gasteiger partial charge < -0.3 is 19.9 Å². The van der Waals surface area contributed by atoms with Gasteiger partial charge in [-0.25, -0.2) is 8.78 Å². The molecule has 6 rings (SSSR count). The highest BCUT2D eigenvalue weighted by molar-refractivity contribution is 5.69. The summed E-state index contributed by atoms with van der Waals surface area (Å²) in [7, 11) is 0. The number of fused-ring (bicyclic) bond motifs is 1. The van der Waals surface area contributed by atoms with E-state index in [9.17, 15) is 4.79 Å². The lowest BCUT2D eigenvalue weighted by Gasteiger charge is -2.58. The van der Waals surface area contributed by atoms with Crippen LogP contribution in [0.5, 0.6) is 11.5 Å². The van der Waals surface area contributed by atoms with Crippen LogP contribution in [0, 0.1) is 17.0 Å². The first kappa shape index (κ1) is 24.8. The standard InChI is InChI=1S/C30H30F2N2O4/c31-25-11-22(38-23-13-30(14-23)17-34(18-30)15-27(35)36)12-26(32)28(25)29-24-7-6-21(10-20(24)8-9-33-29)37-16-19-4-2-1-3-5-19/h1-7,10-12,23,29,33H,8-9,13-18H2,(H,35,36). The summed E-state index contributed by atoms with van der Waals surface area (Å²) in [5, 5.41) is 12.2. The van der Waals surface area contributed by atoms with Gasteiger partial charge in [0.15, 0.2) is 0 Å². The molecule has 0 radical (unpaired) electrons. The van der Waals surface area contributed by atoms with Gasteiger partial charge in [0, 0.05) is 42.7 Å². The minimum absolute atomic E-state index is 0.00959. The molecule has 38 heavy (non-hydrogen) atoms. The van der Waals surface area contributed by atoms with Crippen molar-refractivity contribution in [2.45, 2.75) is 38.0 Å². The number of halogens is 2. The van der Waals surface area contributed by atoms with Crippen LogP contribution in [0.1, 0.15) is 41.1 Å². The zero-order chi connectivity index (χ0) is 26.3. The molecular weight excluding hydrogens is 490 g/mol. The van der Waals surface area contributed by atoms with Crippen LogP contribution in [0.25, 0.3) is 0 Å². The number of carboxylic acid groups (broad SMARTS) is 1. The Morgan fingerprint density at radius 1 is 1.03 bits per heavy atom. The molecular formula is C30H30F2N2O4. The molecule has 1 aliphatic carbocycles. The molecule has 198 valence electrons. The molecule has 2 fully saturated rings. The molecule has 2 N–H and O–H groups in total. The van der Waals surface area contributed by atoms with E-state index in [1.165, 1.54) is 12.1 Å². The number of ether oxygens (including phenoxy) is 2. The predicted molar refractivity (Wildman–Crippen MR) is 137 cm³/mol. The maximum Gasteiger partial charge on any atom is 0.317 e. The number of nitrogens with zero attached hydrogens (tertiary/aromatic N) is 1. The highest BCUT2D eigenvalue weighted by atomic mass is 19.1. The van der Waals surface area contributed by atoms with E-state index in [0.717, 1.165) is 54.8 Å². The third-order valence-corrected chi connectivity index (χ3v) is 7.86. The topological polar surface area (TPSA) is 71.0 Å². The maximum atomic E-state index is 15.3. The van der Waals surface area contributed by atoms with Crippen molar-refractivity contribution in [3.8, 4) is 11.5 Å². The van der Waals surface area contributed by atoms with E-state index in [1.807, 2.05) is 53.4 Å². The van der Waals surface area contributed by atoms with Gasteiger partial charge in [-0.3, -0.25) is 9.69 Å². The lowest BCUT2D eigenvalue weighted by molar-refractivity contribution is -0.150. The minimum atomic E-state index is -0.829. The summed E-state index contributed by atoms with van der Waals surface area (Å²) >= 11 is 0. The summed E-state index contributed by atoms with van der Waals surface area (Å²) in [5.74, 6) is -1.19. The van der Waals surface area contributed by atoms with Gasteiger partial charge >= 0.3 is 5.97 Å². The fourth-order valence-electron chi connectivity index (χ4n) is 6.18. The van der Waals surface area contributed by atoms with Crippen LogP contribution < -0.4 is 14.8 Å². The van der Waals surface area contributed by atoms with E-state index in [0.29, 0.717) is 13.2 Å². The van der Waals surface area contributed by atoms with E-state index in [4.69, 9.17) is 14.6 Å². The third-order valence-electron chi connectivity index (χ3n) is 7.86. The largest absolute Gasteiger partial charge is 0.490 e. The first-order valence-corrected chi connectivity index (χ1v) is 13.0. The molecule has 1 unspecified atom stereocenters. The van der Waals surface area contributed by atoms with Crippen molar-refractivity contribution < 1.29 is 28.2 Å². The Balaban J connectivity index is 1.11. The predicted octanol–water partition coefficient (Wildman–Crippen LogP) is 4.71. The number of rotatable bonds is 8. The number of nitrogens with one attached hydrogen (secondary N) is 1. The summed E-state index contributed by atoms with van der Waals surface area (Å²) in [5.41, 5.74) is 2.99. The van der Waals surface area contributed by atoms with E-state index >= 15 is 8.78 Å². The molecule has 6 nitrogen and oxygen atoms in total. The number of aliphatic carboxylic acids is 1. The van der Waals surface area contributed by atoms with E-state index in [2.05, 4.69) is 5.32 Å². The average Bonchev–Trinajstić information content (AvgIpc) is 2.85. The summed E-state index contributed by atoms with van der Waals surface area (Å²) in [6, 6.07) is 17.5. The molecule has 3 aromatic carbocycles. The van der Waals surface area contributed by atoms with Crippen molar-refractivity contribution in [3.05, 3.63) is 94.6 Å². The maximum absolute atomic E-state index is 15.3. The van der Waals surface area contributed by atoms with Crippen molar-refractivity contribution >= 4 is 5.97 Å². The molecule has 2 heterocycles. The fourth-order valence-corrected chi connectivity index (χ4v) is 6.18. The Morgan fingerprint density at radius 2 is 1.76 bits per heavy atom. The number of hydrogen-bond donors (Lipinski definition) is 2. The number of carboxylic acids is 1. The van der Waals surface area contributed by atoms with Crippen LogP contribution >= 0.6 is 0 Å². The minimum Gasteiger partial charge on any atom is -0.490 e. The molecule has 0 amide bonds. The summed E-state index contributed by atoms with van der Waals surface area (Å²) in [6.07, 6.45) is 2.15. The van der Waals surface area contributed by atoms with Gasteiger partial charge in [-0.2, -0.15) is 0 Å². The second-order valence-corrected chi connectivity index (χ2v) is 10.8. The highest BCUT2D eigenvalue weighted by Gasteiger charge is 2.53. The first-order chi connectivity index (χ1) is 18.4. The van der Waals surface area contributed by atoms with Crippen LogP contribution in [0.4, 0.5) is 8.78 Å². The van der Waals surface area contributed by atoms with Crippen molar-refractivity contribution in [2.24, 2.45) is 5.41 Å². The zero-order valence-electron chi connectivity index (χ0n) is 21.0. The smallest absolute Gasteiger partial charge is 0.317 e. The molecule has 1 saturated carbocycles. The Morgan fingerprint density at radius 3 is 2.47 bits per heavy atom. The fraction of sp³-hybridized carbons (Fsp3) is 0.367. The Hall–Kier alpha value is -3.49. The Bertz CT molecular complexity index is 1310. The molecule has 0 aromatic heterocycles. The van der Waals surface area contributed by atoms with Crippen LogP contribution in [0.15, 0.2) is 60.7 Å². The second kappa shape index (κ2) is 10.0. The molecule has 1 saturated heterocycles. The zero-order valence-corrected chi connectivity index (χ0v) is 21.0. The van der Waals surface area contributed by atoms with Crippen LogP contribution in [-0.4, -0.2) is 48.3 Å². The number of benzene rings is 3. The van der Waals surface area contributed by atoms with Crippen molar-refractivity contribution in [2.75, 3.05) is 26.2 Å². The average molecular weight is 521 g/mol. The van der Waals surface area contributed by atoms with Gasteiger partial charge in [-0.05, 0) is 48.1 Å². The highest BCUT2D eigenvalue weighted by Crippen LogP contribution is 2.49. The normalized spacial score (nSPS) is 20.3. The van der Waals surface area contributed by atoms with Crippen molar-refractivity contribution in [3.63, 3.8) is 0 Å². The SMILES string of the molecule is O=C(O)CN1CC2(CC(Oc3cc(F)c(C4NCCc5cc(OCc6ccccc6)ccc54)c(F)c3)C2)C1. The molecule has 8 heteroatoms. The monoisotopic (exact) mass is 520 g/mol. The molecule has 3 aromatic rings. The molecule has 1 spiro atoms. The molecule has 3 aliphatic rings. The van der Waals surface area contributed by atoms with E-state index in [-0.39, 0.29) is 29.4 Å². The summed E-state index contributed by atoms with van der Waals surface area (Å²) in [4.78, 5) is 12.7. The lowest BCUT2D eigenvalue weighted by Crippen LogP contribution is -2.65. The van der Waals surface area contributed by atoms with E-state index < -0.39 is 23.6 Å². The van der Waals surface area contributed by atoms with Gasteiger partial charge in [-0.1, -0.05) is 36.4 Å². The molecule has 1 atom stereocenters. The number of likely N-dealkylation sites (tertiary alicyclic amines) is 1. The van der Waals surface area contributed by atoms with Gasteiger partial charge in [0.1, 0.15) is 29.7 Å². The number of hydrogen-bond acceptors (Lipinski definition) is 5. The number of carbonyl (C=O) groups is 1. The van der Waals surface area contributed by atoms with E-state index in [1.54, 1.807) is 0 Å². The second-order valence-electron chi connectivity index (χ2n) is 10.8. The van der Waals surface area contributed by atoms with Crippen LogP contribution in [0.3, 0.4) is 0 Å². The summed E-state index contributed by atoms with van der Waals surface area (Å²) < 4.78 is 42.5. The van der Waals surface area contributed by atoms with Crippen LogP contribution in [0.2, 0.25) is 0 Å². The summed E-state index contributed by atoms with van der Waals surface area (Å²) in [6.45, 7) is 2.55. The first-order valence-electron chi connectivity index (χ1n) is 13.0. The van der Waals surface area contributed by atoms with Crippen molar-refractivity contribution in [1.82, 2.24) is 10.2 Å². The Kier molecular flexibility index (Phi) is 6.53. The van der Waals surface area contributed by atoms with Gasteiger partial charge in [0.2, 0.25) is 0 Å². The Labute approximate surface area is 220 Å². The van der Waals surface area contributed by atoms with Gasteiger partial charge in [-0.15, -0.1) is 0 Å². The van der Waals surface area contributed by atoms with Gasteiger partial charge in [0.25, 0.3) is 0 Å². The third kappa shape index (κ3) is 4.98. The lowest BCUT2D eigenvalue weighted by atomic mass is 9.62. The quantitative estimate of drug-likeness (QED) is 0.449. The van der Waals surface area contributed by atoms with Crippen LogP contribution in [-0.2, 0) is 17.8 Å². The molecule has 2 aliphatic heterocycles.